The number of carbonyl (C=O) groups is 4. The zero-order chi connectivity index (χ0) is 21.9. The minimum absolute atomic E-state index is 0.0701. The first kappa shape index (κ1) is 21.6. The van der Waals surface area contributed by atoms with E-state index < -0.39 is 23.6 Å². The van der Waals surface area contributed by atoms with Gasteiger partial charge in [0.15, 0.2) is 0 Å². The molecule has 0 spiro atoms. The van der Waals surface area contributed by atoms with Crippen LogP contribution in [0, 0.1) is 0 Å². The third-order valence-corrected chi connectivity index (χ3v) is 5.00. The van der Waals surface area contributed by atoms with Crippen LogP contribution in [-0.2, 0) is 14.3 Å². The molecule has 9 nitrogen and oxygen atoms in total. The van der Waals surface area contributed by atoms with Crippen LogP contribution in [0.2, 0.25) is 0 Å². The Balaban J connectivity index is 1.51. The van der Waals surface area contributed by atoms with E-state index in [-0.39, 0.29) is 24.3 Å². The van der Waals surface area contributed by atoms with Gasteiger partial charge in [0.25, 0.3) is 5.91 Å². The SMILES string of the molecule is CC(C)(C)OC(=O)NC1CCN(C(=O)C[C@@H]2NC(=O)c3ccccc3NC2=O)CC1. The van der Waals surface area contributed by atoms with Crippen LogP contribution >= 0.6 is 0 Å². The molecule has 0 aromatic heterocycles. The summed E-state index contributed by atoms with van der Waals surface area (Å²) in [5.41, 5.74) is 0.239. The highest BCUT2D eigenvalue weighted by Gasteiger charge is 2.32. The van der Waals surface area contributed by atoms with Gasteiger partial charge < -0.3 is 25.6 Å². The second kappa shape index (κ2) is 8.73. The van der Waals surface area contributed by atoms with Gasteiger partial charge >= 0.3 is 6.09 Å². The molecule has 1 aromatic carbocycles. The number of piperidine rings is 1. The van der Waals surface area contributed by atoms with Gasteiger partial charge in [0, 0.05) is 19.1 Å². The zero-order valence-electron chi connectivity index (χ0n) is 17.5. The number of fused-ring (bicyclic) bond motifs is 1. The number of benzene rings is 1. The molecular weight excluding hydrogens is 388 g/mol. The number of hydrogen-bond donors (Lipinski definition) is 3. The molecule has 162 valence electrons. The molecule has 2 aliphatic rings. The maximum absolute atomic E-state index is 12.7. The summed E-state index contributed by atoms with van der Waals surface area (Å²) in [6, 6.07) is 5.71. The number of carbonyl (C=O) groups excluding carboxylic acids is 4. The highest BCUT2D eigenvalue weighted by atomic mass is 16.6. The molecule has 0 aliphatic carbocycles. The maximum Gasteiger partial charge on any atom is 0.407 e. The van der Waals surface area contributed by atoms with Crippen molar-refractivity contribution in [1.82, 2.24) is 15.5 Å². The quantitative estimate of drug-likeness (QED) is 0.693. The van der Waals surface area contributed by atoms with Crippen LogP contribution in [0.25, 0.3) is 0 Å². The zero-order valence-corrected chi connectivity index (χ0v) is 17.5. The van der Waals surface area contributed by atoms with E-state index in [4.69, 9.17) is 4.74 Å². The normalized spacial score (nSPS) is 19.8. The van der Waals surface area contributed by atoms with Gasteiger partial charge in [-0.3, -0.25) is 14.4 Å². The average molecular weight is 416 g/mol. The van der Waals surface area contributed by atoms with Gasteiger partial charge in [-0.05, 0) is 45.7 Å². The molecule has 4 amide bonds. The lowest BCUT2D eigenvalue weighted by Gasteiger charge is -2.33. The van der Waals surface area contributed by atoms with Gasteiger partial charge in [0.2, 0.25) is 11.8 Å². The molecule has 0 unspecified atom stereocenters. The van der Waals surface area contributed by atoms with Gasteiger partial charge in [-0.15, -0.1) is 0 Å². The lowest BCUT2D eigenvalue weighted by Crippen LogP contribution is -2.50. The molecule has 2 aliphatic heterocycles. The van der Waals surface area contributed by atoms with E-state index in [0.717, 1.165) is 0 Å². The van der Waals surface area contributed by atoms with Crippen molar-refractivity contribution in [2.75, 3.05) is 18.4 Å². The van der Waals surface area contributed by atoms with Crippen LogP contribution in [0.3, 0.4) is 0 Å². The fourth-order valence-electron chi connectivity index (χ4n) is 3.51. The largest absolute Gasteiger partial charge is 0.444 e. The monoisotopic (exact) mass is 416 g/mol. The number of rotatable bonds is 3. The molecule has 0 saturated carbocycles. The Morgan fingerprint density at radius 2 is 1.83 bits per heavy atom. The molecule has 1 aromatic rings. The van der Waals surface area contributed by atoms with Gasteiger partial charge in [-0.2, -0.15) is 0 Å². The number of likely N-dealkylation sites (tertiary alicyclic amines) is 1. The Morgan fingerprint density at radius 1 is 1.17 bits per heavy atom. The number of amides is 4. The second-order valence-electron chi connectivity index (χ2n) is 8.57. The Labute approximate surface area is 175 Å². The molecule has 1 saturated heterocycles. The van der Waals surface area contributed by atoms with Crippen molar-refractivity contribution in [3.05, 3.63) is 29.8 Å². The summed E-state index contributed by atoms with van der Waals surface area (Å²) in [4.78, 5) is 51.1. The fraction of sp³-hybridized carbons (Fsp3) is 0.524. The molecule has 0 radical (unpaired) electrons. The standard InChI is InChI=1S/C21H28N4O5/c1-21(2,3)30-20(29)22-13-8-10-25(11-9-13)17(26)12-16-19(28)23-15-7-5-4-6-14(15)18(27)24-16/h4-7,13,16H,8-12H2,1-3H3,(H,22,29)(H,23,28)(H,24,27)/t16-/m0/s1. The Kier molecular flexibility index (Phi) is 6.28. The van der Waals surface area contributed by atoms with Crippen LogP contribution in [0.1, 0.15) is 50.4 Å². The van der Waals surface area contributed by atoms with E-state index in [0.29, 0.717) is 37.2 Å². The molecule has 1 fully saturated rings. The molecule has 9 heteroatoms. The molecule has 30 heavy (non-hydrogen) atoms. The Morgan fingerprint density at radius 3 is 2.50 bits per heavy atom. The molecular formula is C21H28N4O5. The van der Waals surface area contributed by atoms with Gasteiger partial charge in [0.05, 0.1) is 17.7 Å². The van der Waals surface area contributed by atoms with E-state index in [2.05, 4.69) is 16.0 Å². The van der Waals surface area contributed by atoms with Gasteiger partial charge in [0.1, 0.15) is 11.6 Å². The van der Waals surface area contributed by atoms with E-state index in [9.17, 15) is 19.2 Å². The summed E-state index contributed by atoms with van der Waals surface area (Å²) in [5, 5.41) is 8.17. The molecule has 2 heterocycles. The minimum Gasteiger partial charge on any atom is -0.444 e. The van der Waals surface area contributed by atoms with Gasteiger partial charge in [-0.1, -0.05) is 12.1 Å². The van der Waals surface area contributed by atoms with Crippen molar-refractivity contribution >= 4 is 29.5 Å². The van der Waals surface area contributed by atoms with Crippen LogP contribution in [-0.4, -0.2) is 59.5 Å². The second-order valence-corrected chi connectivity index (χ2v) is 8.57. The lowest BCUT2D eigenvalue weighted by atomic mass is 10.0. The number of para-hydroxylation sites is 1. The number of hydrogen-bond acceptors (Lipinski definition) is 5. The molecule has 0 bridgehead atoms. The topological polar surface area (TPSA) is 117 Å². The smallest absolute Gasteiger partial charge is 0.407 e. The number of anilines is 1. The summed E-state index contributed by atoms with van der Waals surface area (Å²) in [6.45, 7) is 6.32. The Hall–Kier alpha value is -3.10. The van der Waals surface area contributed by atoms with Crippen LogP contribution in [0.15, 0.2) is 24.3 Å². The summed E-state index contributed by atoms with van der Waals surface area (Å²) >= 11 is 0. The Bertz CT molecular complexity index is 840. The third kappa shape index (κ3) is 5.49. The van der Waals surface area contributed by atoms with Crippen LogP contribution < -0.4 is 16.0 Å². The summed E-state index contributed by atoms with van der Waals surface area (Å²) in [6.07, 6.45) is 0.611. The fourth-order valence-corrected chi connectivity index (χ4v) is 3.51. The lowest BCUT2D eigenvalue weighted by molar-refractivity contribution is -0.134. The van der Waals surface area contributed by atoms with Gasteiger partial charge in [-0.25, -0.2) is 4.79 Å². The predicted octanol–water partition coefficient (Wildman–Crippen LogP) is 1.64. The van der Waals surface area contributed by atoms with Crippen molar-refractivity contribution in [2.45, 2.75) is 57.7 Å². The maximum atomic E-state index is 12.7. The van der Waals surface area contributed by atoms with E-state index >= 15 is 0 Å². The highest BCUT2D eigenvalue weighted by Crippen LogP contribution is 2.20. The van der Waals surface area contributed by atoms with Crippen molar-refractivity contribution in [1.29, 1.82) is 0 Å². The first-order chi connectivity index (χ1) is 14.1. The predicted molar refractivity (Wildman–Crippen MR) is 110 cm³/mol. The molecule has 1 atom stereocenters. The van der Waals surface area contributed by atoms with Crippen molar-refractivity contribution in [2.24, 2.45) is 0 Å². The van der Waals surface area contributed by atoms with E-state index in [1.807, 2.05) is 0 Å². The van der Waals surface area contributed by atoms with Crippen molar-refractivity contribution in [3.8, 4) is 0 Å². The summed E-state index contributed by atoms with van der Waals surface area (Å²) < 4.78 is 5.26. The highest BCUT2D eigenvalue weighted by molar-refractivity contribution is 6.10. The van der Waals surface area contributed by atoms with Crippen molar-refractivity contribution < 1.29 is 23.9 Å². The number of nitrogens with one attached hydrogen (secondary N) is 3. The number of ether oxygens (including phenoxy) is 1. The first-order valence-corrected chi connectivity index (χ1v) is 10.1. The minimum atomic E-state index is -0.935. The summed E-state index contributed by atoms with van der Waals surface area (Å²) in [7, 11) is 0. The van der Waals surface area contributed by atoms with Crippen molar-refractivity contribution in [3.63, 3.8) is 0 Å². The summed E-state index contributed by atoms with van der Waals surface area (Å²) in [5.74, 6) is -1.01. The van der Waals surface area contributed by atoms with E-state index in [1.54, 1.807) is 49.9 Å². The molecule has 3 N–H and O–H groups in total. The first-order valence-electron chi connectivity index (χ1n) is 10.1. The number of nitrogens with zero attached hydrogens (tertiary/aromatic N) is 1. The number of alkyl carbamates (subject to hydrolysis) is 1. The van der Waals surface area contributed by atoms with Crippen LogP contribution in [0.4, 0.5) is 10.5 Å². The van der Waals surface area contributed by atoms with Crippen LogP contribution in [0.5, 0.6) is 0 Å². The molecule has 3 rings (SSSR count). The average Bonchev–Trinajstić information content (AvgIpc) is 2.77. The van der Waals surface area contributed by atoms with E-state index in [1.165, 1.54) is 0 Å². The third-order valence-electron chi connectivity index (χ3n) is 5.00.